The monoisotopic (exact) mass is 314 g/mol. The van der Waals surface area contributed by atoms with Gasteiger partial charge in [0.05, 0.1) is 6.21 Å². The van der Waals surface area contributed by atoms with Crippen molar-refractivity contribution in [3.05, 3.63) is 65.5 Å². The number of para-hydroxylation sites is 1. The van der Waals surface area contributed by atoms with Crippen LogP contribution >= 0.6 is 0 Å². The van der Waals surface area contributed by atoms with Crippen molar-refractivity contribution >= 4 is 17.8 Å². The second-order valence-corrected chi connectivity index (χ2v) is 5.32. The van der Waals surface area contributed by atoms with Gasteiger partial charge in [0.15, 0.2) is 6.61 Å². The van der Waals surface area contributed by atoms with Crippen molar-refractivity contribution < 1.29 is 14.0 Å². The van der Waals surface area contributed by atoms with Crippen LogP contribution in [-0.4, -0.2) is 18.7 Å². The lowest BCUT2D eigenvalue weighted by Crippen LogP contribution is -2.18. The van der Waals surface area contributed by atoms with E-state index in [9.17, 15) is 9.18 Å². The maximum absolute atomic E-state index is 13.4. The minimum Gasteiger partial charge on any atom is -0.386 e. The molecular formula is C18H19FN2O2. The van der Waals surface area contributed by atoms with E-state index in [1.54, 1.807) is 18.2 Å². The van der Waals surface area contributed by atoms with Crippen LogP contribution < -0.4 is 5.32 Å². The number of benzene rings is 2. The molecule has 23 heavy (non-hydrogen) atoms. The molecule has 1 N–H and O–H groups in total. The Morgan fingerprint density at radius 1 is 1.22 bits per heavy atom. The van der Waals surface area contributed by atoms with Gasteiger partial charge in [0.2, 0.25) is 0 Å². The Bertz CT molecular complexity index is 699. The molecule has 2 aromatic carbocycles. The number of anilines is 1. The number of carbonyl (C=O) groups is 1. The number of carbonyl (C=O) groups excluding carboxylic acids is 1. The molecule has 0 aliphatic heterocycles. The molecule has 0 bridgehead atoms. The Morgan fingerprint density at radius 3 is 2.65 bits per heavy atom. The molecule has 0 atom stereocenters. The summed E-state index contributed by atoms with van der Waals surface area (Å²) in [6.07, 6.45) is 1.24. The van der Waals surface area contributed by atoms with Crippen LogP contribution in [0.5, 0.6) is 0 Å². The molecule has 120 valence electrons. The first kappa shape index (κ1) is 16.7. The smallest absolute Gasteiger partial charge is 0.265 e. The van der Waals surface area contributed by atoms with Crippen LogP contribution in [0.2, 0.25) is 0 Å². The van der Waals surface area contributed by atoms with E-state index in [1.807, 2.05) is 24.3 Å². The summed E-state index contributed by atoms with van der Waals surface area (Å²) in [4.78, 5) is 16.8. The lowest BCUT2D eigenvalue weighted by Gasteiger charge is -2.13. The van der Waals surface area contributed by atoms with Crippen LogP contribution in [0.25, 0.3) is 0 Å². The SMILES string of the molecule is CC(C)c1ccccc1NC(=O)CO/N=C\c1ccccc1F. The highest BCUT2D eigenvalue weighted by Gasteiger charge is 2.09. The first-order chi connectivity index (χ1) is 11.1. The van der Waals surface area contributed by atoms with Gasteiger partial charge in [0.25, 0.3) is 5.91 Å². The minimum atomic E-state index is -0.393. The third kappa shape index (κ3) is 4.92. The number of nitrogens with one attached hydrogen (secondary N) is 1. The van der Waals surface area contributed by atoms with E-state index in [1.165, 1.54) is 12.3 Å². The number of oxime groups is 1. The van der Waals surface area contributed by atoms with E-state index in [2.05, 4.69) is 24.3 Å². The van der Waals surface area contributed by atoms with Crippen molar-refractivity contribution in [2.45, 2.75) is 19.8 Å². The highest BCUT2D eigenvalue weighted by molar-refractivity contribution is 5.92. The average molecular weight is 314 g/mol. The molecule has 0 aliphatic carbocycles. The second-order valence-electron chi connectivity index (χ2n) is 5.32. The van der Waals surface area contributed by atoms with Crippen molar-refractivity contribution in [2.24, 2.45) is 5.16 Å². The summed E-state index contributed by atoms with van der Waals surface area (Å²) in [6.45, 7) is 3.87. The Balaban J connectivity index is 1.88. The summed E-state index contributed by atoms with van der Waals surface area (Å²) in [5.74, 6) is -0.412. The van der Waals surface area contributed by atoms with Gasteiger partial charge in [0, 0.05) is 11.3 Å². The van der Waals surface area contributed by atoms with Crippen LogP contribution in [0, 0.1) is 5.82 Å². The summed E-state index contributed by atoms with van der Waals surface area (Å²) < 4.78 is 13.4. The summed E-state index contributed by atoms with van der Waals surface area (Å²) in [6, 6.07) is 13.8. The van der Waals surface area contributed by atoms with Gasteiger partial charge in [-0.1, -0.05) is 55.4 Å². The highest BCUT2D eigenvalue weighted by Crippen LogP contribution is 2.23. The maximum atomic E-state index is 13.4. The van der Waals surface area contributed by atoms with Crippen LogP contribution in [0.1, 0.15) is 30.9 Å². The number of rotatable bonds is 6. The zero-order chi connectivity index (χ0) is 16.7. The summed E-state index contributed by atoms with van der Waals surface area (Å²) in [7, 11) is 0. The van der Waals surface area contributed by atoms with Gasteiger partial charge in [-0.2, -0.15) is 0 Å². The number of hydrogen-bond acceptors (Lipinski definition) is 3. The lowest BCUT2D eigenvalue weighted by molar-refractivity contribution is -0.120. The molecule has 0 aliphatic rings. The van der Waals surface area contributed by atoms with Crippen LogP contribution in [-0.2, 0) is 9.63 Å². The zero-order valence-electron chi connectivity index (χ0n) is 13.1. The first-order valence-electron chi connectivity index (χ1n) is 7.36. The van der Waals surface area contributed by atoms with Crippen molar-refractivity contribution in [2.75, 3.05) is 11.9 Å². The number of amides is 1. The average Bonchev–Trinajstić information content (AvgIpc) is 2.53. The minimum absolute atomic E-state index is 0.239. The van der Waals surface area contributed by atoms with Crippen molar-refractivity contribution in [1.29, 1.82) is 0 Å². The Labute approximate surface area is 135 Å². The van der Waals surface area contributed by atoms with E-state index >= 15 is 0 Å². The van der Waals surface area contributed by atoms with Gasteiger partial charge in [-0.25, -0.2) is 4.39 Å². The van der Waals surface area contributed by atoms with Crippen molar-refractivity contribution in [3.8, 4) is 0 Å². The topological polar surface area (TPSA) is 50.7 Å². The van der Waals surface area contributed by atoms with Crippen molar-refractivity contribution in [1.82, 2.24) is 0 Å². The maximum Gasteiger partial charge on any atom is 0.265 e. The van der Waals surface area contributed by atoms with Crippen LogP contribution in [0.15, 0.2) is 53.7 Å². The molecular weight excluding hydrogens is 295 g/mol. The number of hydrogen-bond donors (Lipinski definition) is 1. The van der Waals surface area contributed by atoms with Gasteiger partial charge < -0.3 is 10.2 Å². The molecule has 0 radical (unpaired) electrons. The fraction of sp³-hybridized carbons (Fsp3) is 0.222. The van der Waals surface area contributed by atoms with E-state index < -0.39 is 5.82 Å². The van der Waals surface area contributed by atoms with Crippen LogP contribution in [0.3, 0.4) is 0 Å². The Kier molecular flexibility index (Phi) is 5.86. The summed E-state index contributed by atoms with van der Waals surface area (Å²) >= 11 is 0. The Hall–Kier alpha value is -2.69. The molecule has 0 unspecified atom stereocenters. The first-order valence-corrected chi connectivity index (χ1v) is 7.36. The predicted octanol–water partition coefficient (Wildman–Crippen LogP) is 3.94. The lowest BCUT2D eigenvalue weighted by atomic mass is 10.0. The van der Waals surface area contributed by atoms with Gasteiger partial charge in [-0.15, -0.1) is 0 Å². The fourth-order valence-corrected chi connectivity index (χ4v) is 2.07. The van der Waals surface area contributed by atoms with Gasteiger partial charge >= 0.3 is 0 Å². The van der Waals surface area contributed by atoms with Gasteiger partial charge in [-0.3, -0.25) is 4.79 Å². The second kappa shape index (κ2) is 8.08. The molecule has 0 heterocycles. The highest BCUT2D eigenvalue weighted by atomic mass is 19.1. The normalized spacial score (nSPS) is 11.0. The molecule has 0 aromatic heterocycles. The molecule has 0 fully saturated rings. The third-order valence-electron chi connectivity index (χ3n) is 3.22. The number of nitrogens with zero attached hydrogens (tertiary/aromatic N) is 1. The zero-order valence-corrected chi connectivity index (χ0v) is 13.1. The summed E-state index contributed by atoms with van der Waals surface area (Å²) in [5.41, 5.74) is 2.11. The largest absolute Gasteiger partial charge is 0.386 e. The third-order valence-corrected chi connectivity index (χ3v) is 3.22. The van der Waals surface area contributed by atoms with Gasteiger partial charge in [0.1, 0.15) is 5.82 Å². The van der Waals surface area contributed by atoms with E-state index in [-0.39, 0.29) is 12.5 Å². The molecule has 1 amide bonds. The van der Waals surface area contributed by atoms with Crippen molar-refractivity contribution in [3.63, 3.8) is 0 Å². The van der Waals surface area contributed by atoms with Crippen LogP contribution in [0.4, 0.5) is 10.1 Å². The van der Waals surface area contributed by atoms with E-state index in [0.29, 0.717) is 11.5 Å². The molecule has 0 spiro atoms. The molecule has 2 rings (SSSR count). The quantitative estimate of drug-likeness (QED) is 0.648. The number of halogens is 1. The van der Waals surface area contributed by atoms with Gasteiger partial charge in [-0.05, 0) is 23.6 Å². The van der Waals surface area contributed by atoms with E-state index in [0.717, 1.165) is 11.3 Å². The molecule has 4 nitrogen and oxygen atoms in total. The Morgan fingerprint density at radius 2 is 1.91 bits per heavy atom. The standard InChI is InChI=1S/C18H19FN2O2/c1-13(2)15-8-4-6-10-17(15)21-18(22)12-23-20-11-14-7-3-5-9-16(14)19/h3-11,13H,12H2,1-2H3,(H,21,22)/b20-11-. The fourth-order valence-electron chi connectivity index (χ4n) is 2.07. The van der Waals surface area contributed by atoms with E-state index in [4.69, 9.17) is 4.84 Å². The summed E-state index contributed by atoms with van der Waals surface area (Å²) in [5, 5.41) is 6.41. The molecule has 0 saturated carbocycles. The molecule has 5 heteroatoms. The molecule has 0 saturated heterocycles. The predicted molar refractivity (Wildman–Crippen MR) is 89.1 cm³/mol. The molecule has 2 aromatic rings.